The van der Waals surface area contributed by atoms with Crippen molar-refractivity contribution in [1.29, 1.82) is 0 Å². The van der Waals surface area contributed by atoms with Crippen LogP contribution in [-0.2, 0) is 18.5 Å². The number of hydrogen-bond donors (Lipinski definition) is 1. The van der Waals surface area contributed by atoms with Gasteiger partial charge >= 0.3 is 0 Å². The van der Waals surface area contributed by atoms with Gasteiger partial charge in [0, 0.05) is 4.88 Å². The van der Waals surface area contributed by atoms with Crippen LogP contribution < -0.4 is 5.32 Å². The Bertz CT molecular complexity index is 636. The summed E-state index contributed by atoms with van der Waals surface area (Å²) in [6, 6.07) is 0. The Labute approximate surface area is 129 Å². The highest BCUT2D eigenvalue weighted by Gasteiger charge is 2.23. The van der Waals surface area contributed by atoms with Gasteiger partial charge in [-0.1, -0.05) is 6.92 Å². The first-order valence-corrected chi connectivity index (χ1v) is 7.97. The van der Waals surface area contributed by atoms with Gasteiger partial charge in [0.05, 0.1) is 40.7 Å². The fraction of sp³-hybridized carbons (Fsp3) is 0.533. The number of nitrogens with one attached hydrogen (secondary N) is 1. The zero-order chi connectivity index (χ0) is 15.6. The molecule has 1 amide bonds. The zero-order valence-electron chi connectivity index (χ0n) is 13.2. The molecule has 5 nitrogen and oxygen atoms in total. The number of carbonyl (C=O) groups is 1. The molecule has 21 heavy (non-hydrogen) atoms. The van der Waals surface area contributed by atoms with Gasteiger partial charge in [0.15, 0.2) is 0 Å². The van der Waals surface area contributed by atoms with Crippen LogP contribution in [0.2, 0.25) is 0 Å². The Morgan fingerprint density at radius 1 is 1.43 bits per heavy atom. The summed E-state index contributed by atoms with van der Waals surface area (Å²) in [6.45, 7) is 10.8. The van der Waals surface area contributed by atoms with Crippen LogP contribution in [0.15, 0.2) is 11.7 Å². The highest BCUT2D eigenvalue weighted by atomic mass is 32.1. The van der Waals surface area contributed by atoms with E-state index in [2.05, 4.69) is 36.2 Å². The normalized spacial score (nSPS) is 11.7. The Hall–Kier alpha value is -1.69. The van der Waals surface area contributed by atoms with Crippen LogP contribution in [0.3, 0.4) is 0 Å². The van der Waals surface area contributed by atoms with E-state index in [4.69, 9.17) is 0 Å². The fourth-order valence-corrected chi connectivity index (χ4v) is 2.95. The quantitative estimate of drug-likeness (QED) is 0.945. The molecule has 1 N–H and O–H groups in total. The molecule has 2 aromatic rings. The van der Waals surface area contributed by atoms with Gasteiger partial charge in [-0.3, -0.25) is 9.48 Å². The number of hydrogen-bond acceptors (Lipinski definition) is 4. The number of aromatic nitrogens is 3. The predicted octanol–water partition coefficient (Wildman–Crippen LogP) is 2.90. The average molecular weight is 306 g/mol. The number of rotatable bonds is 4. The third-order valence-electron chi connectivity index (χ3n) is 3.34. The van der Waals surface area contributed by atoms with Crippen molar-refractivity contribution >= 4 is 17.2 Å². The average Bonchev–Trinajstić information content (AvgIpc) is 3.01. The van der Waals surface area contributed by atoms with E-state index >= 15 is 0 Å². The first-order chi connectivity index (χ1) is 9.84. The van der Waals surface area contributed by atoms with Crippen molar-refractivity contribution in [2.24, 2.45) is 0 Å². The summed E-state index contributed by atoms with van der Waals surface area (Å²) in [5.41, 5.74) is 4.28. The lowest BCUT2D eigenvalue weighted by Gasteiger charge is -2.22. The monoisotopic (exact) mass is 306 g/mol. The molecular weight excluding hydrogens is 284 g/mol. The molecule has 2 aromatic heterocycles. The molecule has 0 radical (unpaired) electrons. The molecule has 0 aliphatic heterocycles. The number of nitrogens with zero attached hydrogens (tertiary/aromatic N) is 3. The van der Waals surface area contributed by atoms with Gasteiger partial charge in [-0.2, -0.15) is 5.10 Å². The number of aryl methyl sites for hydroxylation is 1. The van der Waals surface area contributed by atoms with Gasteiger partial charge in [-0.25, -0.2) is 4.98 Å². The van der Waals surface area contributed by atoms with Crippen molar-refractivity contribution in [3.05, 3.63) is 33.5 Å². The van der Waals surface area contributed by atoms with E-state index < -0.39 is 0 Å². The molecule has 0 saturated carbocycles. The van der Waals surface area contributed by atoms with Crippen molar-refractivity contribution in [3.63, 3.8) is 0 Å². The summed E-state index contributed by atoms with van der Waals surface area (Å²) in [5.74, 6) is -0.0739. The van der Waals surface area contributed by atoms with Crippen molar-refractivity contribution in [2.45, 2.75) is 53.1 Å². The molecule has 0 saturated heterocycles. The van der Waals surface area contributed by atoms with E-state index in [1.807, 2.05) is 18.5 Å². The second kappa shape index (κ2) is 5.97. The van der Waals surface area contributed by atoms with Crippen LogP contribution in [0.5, 0.6) is 0 Å². The van der Waals surface area contributed by atoms with E-state index in [1.165, 1.54) is 0 Å². The summed E-state index contributed by atoms with van der Waals surface area (Å²) in [5, 5.41) is 7.35. The Kier molecular flexibility index (Phi) is 4.46. The Balaban J connectivity index is 2.16. The molecular formula is C15H22N4OS. The summed E-state index contributed by atoms with van der Waals surface area (Å²) in [7, 11) is 0. The minimum atomic E-state index is -0.127. The SMILES string of the molecule is CCc1c(C(=O)NCc2scnc2C)cnn1C(C)(C)C. The van der Waals surface area contributed by atoms with Gasteiger partial charge < -0.3 is 5.32 Å². The molecule has 2 heterocycles. The maximum absolute atomic E-state index is 12.4. The molecule has 0 aliphatic carbocycles. The zero-order valence-corrected chi connectivity index (χ0v) is 14.0. The van der Waals surface area contributed by atoms with Crippen LogP contribution in [0.25, 0.3) is 0 Å². The summed E-state index contributed by atoms with van der Waals surface area (Å²) in [6.07, 6.45) is 2.44. The van der Waals surface area contributed by atoms with Gasteiger partial charge in [-0.15, -0.1) is 11.3 Å². The number of carbonyl (C=O) groups excluding carboxylic acids is 1. The van der Waals surface area contributed by atoms with Crippen LogP contribution in [0.4, 0.5) is 0 Å². The molecule has 6 heteroatoms. The lowest BCUT2D eigenvalue weighted by atomic mass is 10.1. The van der Waals surface area contributed by atoms with Crippen LogP contribution in [-0.4, -0.2) is 20.7 Å². The fourth-order valence-electron chi connectivity index (χ4n) is 2.23. The third-order valence-corrected chi connectivity index (χ3v) is 4.27. The lowest BCUT2D eigenvalue weighted by molar-refractivity contribution is 0.0950. The molecule has 0 unspecified atom stereocenters. The lowest BCUT2D eigenvalue weighted by Crippen LogP contribution is -2.27. The molecule has 0 spiro atoms. The molecule has 2 rings (SSSR count). The van der Waals surface area contributed by atoms with Gasteiger partial charge in [0.1, 0.15) is 0 Å². The summed E-state index contributed by atoms with van der Waals surface area (Å²) < 4.78 is 1.93. The van der Waals surface area contributed by atoms with Crippen molar-refractivity contribution in [1.82, 2.24) is 20.1 Å². The summed E-state index contributed by atoms with van der Waals surface area (Å²) in [4.78, 5) is 17.7. The molecule has 0 aromatic carbocycles. The van der Waals surface area contributed by atoms with Crippen LogP contribution in [0.1, 0.15) is 54.3 Å². The minimum absolute atomic E-state index is 0.0739. The van der Waals surface area contributed by atoms with E-state index in [9.17, 15) is 4.79 Å². The van der Waals surface area contributed by atoms with Crippen LogP contribution in [0, 0.1) is 6.92 Å². The van der Waals surface area contributed by atoms with E-state index in [0.717, 1.165) is 22.7 Å². The largest absolute Gasteiger partial charge is 0.347 e. The van der Waals surface area contributed by atoms with Crippen LogP contribution >= 0.6 is 11.3 Å². The highest BCUT2D eigenvalue weighted by Crippen LogP contribution is 2.20. The standard InChI is InChI=1S/C15H22N4OS/c1-6-12-11(7-18-19(12)15(3,4)5)14(20)16-8-13-10(2)17-9-21-13/h7,9H,6,8H2,1-5H3,(H,16,20). The topological polar surface area (TPSA) is 59.8 Å². The first kappa shape index (κ1) is 15.7. The van der Waals surface area contributed by atoms with Gasteiger partial charge in [-0.05, 0) is 34.1 Å². The highest BCUT2D eigenvalue weighted by molar-refractivity contribution is 7.09. The number of amides is 1. The van der Waals surface area contributed by atoms with Crippen molar-refractivity contribution < 1.29 is 4.79 Å². The van der Waals surface area contributed by atoms with E-state index in [1.54, 1.807) is 23.0 Å². The first-order valence-electron chi connectivity index (χ1n) is 7.09. The molecule has 0 atom stereocenters. The third kappa shape index (κ3) is 3.32. The molecule has 114 valence electrons. The maximum Gasteiger partial charge on any atom is 0.255 e. The van der Waals surface area contributed by atoms with Gasteiger partial charge in [0.25, 0.3) is 5.91 Å². The molecule has 0 fully saturated rings. The van der Waals surface area contributed by atoms with E-state index in [-0.39, 0.29) is 11.4 Å². The summed E-state index contributed by atoms with van der Waals surface area (Å²) >= 11 is 1.56. The van der Waals surface area contributed by atoms with E-state index in [0.29, 0.717) is 12.1 Å². The van der Waals surface area contributed by atoms with Crippen molar-refractivity contribution in [2.75, 3.05) is 0 Å². The molecule has 0 bridgehead atoms. The second-order valence-electron chi connectivity index (χ2n) is 5.98. The van der Waals surface area contributed by atoms with Crippen molar-refractivity contribution in [3.8, 4) is 0 Å². The van der Waals surface area contributed by atoms with Gasteiger partial charge in [0.2, 0.25) is 0 Å². The molecule has 0 aliphatic rings. The Morgan fingerprint density at radius 3 is 2.67 bits per heavy atom. The maximum atomic E-state index is 12.4. The predicted molar refractivity (Wildman–Crippen MR) is 84.6 cm³/mol. The Morgan fingerprint density at radius 2 is 2.14 bits per heavy atom. The minimum Gasteiger partial charge on any atom is -0.347 e. The smallest absolute Gasteiger partial charge is 0.255 e. The second-order valence-corrected chi connectivity index (χ2v) is 6.92. The number of thiazole rings is 1.